The second-order valence-electron chi connectivity index (χ2n) is 8.29. The maximum absolute atomic E-state index is 13.0. The van der Waals surface area contributed by atoms with Crippen LogP contribution in [0, 0.1) is 6.92 Å². The van der Waals surface area contributed by atoms with Crippen molar-refractivity contribution in [3.63, 3.8) is 0 Å². The number of halogens is 1. The molecule has 0 aromatic heterocycles. The van der Waals surface area contributed by atoms with E-state index in [4.69, 9.17) is 16.3 Å². The van der Waals surface area contributed by atoms with Gasteiger partial charge in [0, 0.05) is 42.3 Å². The van der Waals surface area contributed by atoms with Crippen LogP contribution < -0.4 is 10.2 Å². The minimum Gasteiger partial charge on any atom is -0.465 e. The Morgan fingerprint density at radius 3 is 2.20 bits per heavy atom. The van der Waals surface area contributed by atoms with E-state index in [0.717, 1.165) is 11.3 Å². The minimum atomic E-state index is -0.497. The molecule has 0 spiro atoms. The van der Waals surface area contributed by atoms with Crippen molar-refractivity contribution in [2.45, 2.75) is 6.92 Å². The molecule has 0 bridgehead atoms. The third-order valence-electron chi connectivity index (χ3n) is 6.03. The molecule has 0 radical (unpaired) electrons. The number of carbonyl (C=O) groups excluding carboxylic acids is 3. The first-order chi connectivity index (χ1) is 16.9. The predicted octanol–water partition coefficient (Wildman–Crippen LogP) is 4.65. The van der Waals surface area contributed by atoms with Crippen molar-refractivity contribution < 1.29 is 19.1 Å². The topological polar surface area (TPSA) is 79.0 Å². The molecule has 3 aromatic rings. The van der Waals surface area contributed by atoms with Crippen LogP contribution in [0.2, 0.25) is 5.02 Å². The highest BCUT2D eigenvalue weighted by atomic mass is 35.5. The van der Waals surface area contributed by atoms with Gasteiger partial charge in [0.2, 0.25) is 0 Å². The van der Waals surface area contributed by atoms with E-state index in [1.54, 1.807) is 36.4 Å². The standard InChI is InChI=1S/C27H26ClN3O4/c1-18-8-9-20(16-22(18)28)25(32)29-23-17-21(27(34)35-2)10-11-24(23)30-12-14-31(15-13-30)26(33)19-6-4-3-5-7-19/h3-11,16-17H,12-15H2,1-2H3,(H,29,32). The van der Waals surface area contributed by atoms with Crippen molar-refractivity contribution in [2.75, 3.05) is 43.5 Å². The van der Waals surface area contributed by atoms with E-state index in [1.165, 1.54) is 7.11 Å². The van der Waals surface area contributed by atoms with Crippen LogP contribution in [0.3, 0.4) is 0 Å². The van der Waals surface area contributed by atoms with E-state index in [2.05, 4.69) is 10.2 Å². The summed E-state index contributed by atoms with van der Waals surface area (Å²) in [6, 6.07) is 19.4. The molecule has 1 saturated heterocycles. The van der Waals surface area contributed by atoms with Gasteiger partial charge in [0.25, 0.3) is 11.8 Å². The fourth-order valence-corrected chi connectivity index (χ4v) is 4.18. The van der Waals surface area contributed by atoms with Crippen molar-refractivity contribution in [1.82, 2.24) is 4.90 Å². The number of carbonyl (C=O) groups is 3. The Bertz CT molecular complexity index is 1250. The summed E-state index contributed by atoms with van der Waals surface area (Å²) in [5.41, 5.74) is 3.51. The van der Waals surface area contributed by atoms with Crippen LogP contribution in [0.25, 0.3) is 0 Å². The lowest BCUT2D eigenvalue weighted by molar-refractivity contribution is 0.0600. The van der Waals surface area contributed by atoms with Crippen LogP contribution in [0.5, 0.6) is 0 Å². The summed E-state index contributed by atoms with van der Waals surface area (Å²) >= 11 is 6.20. The normalized spacial score (nSPS) is 13.3. The molecule has 0 saturated carbocycles. The lowest BCUT2D eigenvalue weighted by atomic mass is 10.1. The minimum absolute atomic E-state index is 0.00364. The number of hydrogen-bond acceptors (Lipinski definition) is 5. The number of hydrogen-bond donors (Lipinski definition) is 1. The number of benzene rings is 3. The number of nitrogens with one attached hydrogen (secondary N) is 1. The van der Waals surface area contributed by atoms with E-state index in [9.17, 15) is 14.4 Å². The predicted molar refractivity (Wildman–Crippen MR) is 136 cm³/mol. The fourth-order valence-electron chi connectivity index (χ4n) is 4.00. The Balaban J connectivity index is 1.55. The van der Waals surface area contributed by atoms with Gasteiger partial charge in [0.05, 0.1) is 24.0 Å². The SMILES string of the molecule is COC(=O)c1ccc(N2CCN(C(=O)c3ccccc3)CC2)c(NC(=O)c2ccc(C)c(Cl)c2)c1. The molecule has 0 unspecified atom stereocenters. The van der Waals surface area contributed by atoms with Gasteiger partial charge in [-0.1, -0.05) is 35.9 Å². The van der Waals surface area contributed by atoms with Crippen LogP contribution >= 0.6 is 11.6 Å². The van der Waals surface area contributed by atoms with Gasteiger partial charge in [-0.25, -0.2) is 4.79 Å². The number of rotatable bonds is 5. The zero-order chi connectivity index (χ0) is 24.9. The molecule has 180 valence electrons. The number of anilines is 2. The lowest BCUT2D eigenvalue weighted by Crippen LogP contribution is -2.49. The molecular formula is C27H26ClN3O4. The van der Waals surface area contributed by atoms with Gasteiger partial charge in [-0.05, 0) is 55.0 Å². The van der Waals surface area contributed by atoms with Crippen LogP contribution in [-0.2, 0) is 4.74 Å². The highest BCUT2D eigenvalue weighted by molar-refractivity contribution is 6.31. The van der Waals surface area contributed by atoms with Gasteiger partial charge < -0.3 is 19.9 Å². The molecular weight excluding hydrogens is 466 g/mol. The molecule has 2 amide bonds. The van der Waals surface area contributed by atoms with Gasteiger partial charge >= 0.3 is 5.97 Å². The van der Waals surface area contributed by atoms with Gasteiger partial charge in [-0.15, -0.1) is 0 Å². The maximum atomic E-state index is 13.0. The van der Waals surface area contributed by atoms with Crippen LogP contribution in [-0.4, -0.2) is 56.0 Å². The second-order valence-corrected chi connectivity index (χ2v) is 8.69. The molecule has 1 aliphatic rings. The first-order valence-corrected chi connectivity index (χ1v) is 11.6. The third kappa shape index (κ3) is 5.46. The number of nitrogens with zero attached hydrogens (tertiary/aromatic N) is 2. The van der Waals surface area contributed by atoms with Gasteiger partial charge in [-0.3, -0.25) is 9.59 Å². The Morgan fingerprint density at radius 2 is 1.54 bits per heavy atom. The quantitative estimate of drug-likeness (QED) is 0.525. The molecule has 1 heterocycles. The molecule has 0 aliphatic carbocycles. The van der Waals surface area contributed by atoms with Crippen LogP contribution in [0.4, 0.5) is 11.4 Å². The van der Waals surface area contributed by atoms with Crippen molar-refractivity contribution in [3.8, 4) is 0 Å². The van der Waals surface area contributed by atoms with E-state index >= 15 is 0 Å². The highest BCUT2D eigenvalue weighted by Gasteiger charge is 2.25. The first-order valence-electron chi connectivity index (χ1n) is 11.3. The lowest BCUT2D eigenvalue weighted by Gasteiger charge is -2.37. The van der Waals surface area contributed by atoms with Crippen molar-refractivity contribution in [3.05, 3.63) is 94.0 Å². The summed E-state index contributed by atoms with van der Waals surface area (Å²) in [6.45, 7) is 4.09. The molecule has 1 fully saturated rings. The maximum Gasteiger partial charge on any atom is 0.337 e. The van der Waals surface area contributed by atoms with Crippen LogP contribution in [0.1, 0.15) is 36.6 Å². The van der Waals surface area contributed by atoms with Gasteiger partial charge in [0.15, 0.2) is 0 Å². The molecule has 1 N–H and O–H groups in total. The van der Waals surface area contributed by atoms with Crippen LogP contribution in [0.15, 0.2) is 66.7 Å². The monoisotopic (exact) mass is 491 g/mol. The summed E-state index contributed by atoms with van der Waals surface area (Å²) in [5, 5.41) is 3.42. The largest absolute Gasteiger partial charge is 0.465 e. The molecule has 3 aromatic carbocycles. The van der Waals surface area contributed by atoms with Crippen molar-refractivity contribution in [1.29, 1.82) is 0 Å². The highest BCUT2D eigenvalue weighted by Crippen LogP contribution is 2.30. The zero-order valence-corrected chi connectivity index (χ0v) is 20.3. The summed E-state index contributed by atoms with van der Waals surface area (Å²) < 4.78 is 4.85. The van der Waals surface area contributed by atoms with Gasteiger partial charge in [-0.2, -0.15) is 0 Å². The fraction of sp³-hybridized carbons (Fsp3) is 0.222. The average molecular weight is 492 g/mol. The van der Waals surface area contributed by atoms with E-state index < -0.39 is 5.97 Å². The van der Waals surface area contributed by atoms with E-state index in [0.29, 0.717) is 53.6 Å². The third-order valence-corrected chi connectivity index (χ3v) is 6.44. The Morgan fingerprint density at radius 1 is 0.857 bits per heavy atom. The molecule has 7 nitrogen and oxygen atoms in total. The second kappa shape index (κ2) is 10.6. The first kappa shape index (κ1) is 24.3. The summed E-state index contributed by atoms with van der Waals surface area (Å²) in [4.78, 5) is 41.9. The average Bonchev–Trinajstić information content (AvgIpc) is 2.90. The summed E-state index contributed by atoms with van der Waals surface area (Å²) in [7, 11) is 1.31. The molecule has 35 heavy (non-hydrogen) atoms. The number of esters is 1. The number of ether oxygens (including phenoxy) is 1. The van der Waals surface area contributed by atoms with E-state index in [1.807, 2.05) is 42.2 Å². The molecule has 1 aliphatic heterocycles. The Labute approximate surface area is 209 Å². The Kier molecular flexibility index (Phi) is 7.36. The summed E-state index contributed by atoms with van der Waals surface area (Å²) in [5.74, 6) is -0.840. The number of aryl methyl sites for hydroxylation is 1. The number of amides is 2. The van der Waals surface area contributed by atoms with Gasteiger partial charge in [0.1, 0.15) is 0 Å². The smallest absolute Gasteiger partial charge is 0.337 e. The van der Waals surface area contributed by atoms with Crippen molar-refractivity contribution >= 4 is 40.8 Å². The number of methoxy groups -OCH3 is 1. The molecule has 8 heteroatoms. The van der Waals surface area contributed by atoms with E-state index in [-0.39, 0.29) is 11.8 Å². The summed E-state index contributed by atoms with van der Waals surface area (Å²) in [6.07, 6.45) is 0. The molecule has 0 atom stereocenters. The molecule has 4 rings (SSSR count). The zero-order valence-electron chi connectivity index (χ0n) is 19.6. The Hall–Kier alpha value is -3.84. The number of piperazine rings is 1. The van der Waals surface area contributed by atoms with Crippen molar-refractivity contribution in [2.24, 2.45) is 0 Å².